The van der Waals surface area contributed by atoms with Gasteiger partial charge >= 0.3 is 6.18 Å². The number of pyridine rings is 1. The van der Waals surface area contributed by atoms with Crippen LogP contribution < -0.4 is 10.9 Å². The summed E-state index contributed by atoms with van der Waals surface area (Å²) >= 11 is 0. The number of sulfonamides is 1. The smallest absolute Gasteiger partial charge is 0.326 e. The minimum absolute atomic E-state index is 0.152. The minimum atomic E-state index is -5.21. The van der Waals surface area contributed by atoms with Gasteiger partial charge < -0.3 is 5.73 Å². The third kappa shape index (κ3) is 3.16. The van der Waals surface area contributed by atoms with Crippen LogP contribution in [0.1, 0.15) is 23.2 Å². The van der Waals surface area contributed by atoms with Crippen molar-refractivity contribution in [1.29, 1.82) is 0 Å². The largest absolute Gasteiger partial charge is 0.418 e. The van der Waals surface area contributed by atoms with Gasteiger partial charge in [-0.3, -0.25) is 4.98 Å². The Labute approximate surface area is 104 Å². The van der Waals surface area contributed by atoms with Crippen LogP contribution in [0.15, 0.2) is 11.1 Å². The van der Waals surface area contributed by atoms with Gasteiger partial charge in [-0.2, -0.15) is 13.2 Å². The SMILES string of the molecule is NCc1c(C(F)F)ncc(S(N)(=O)=O)c1C(F)(F)F. The van der Waals surface area contributed by atoms with Crippen LogP contribution in [0.5, 0.6) is 0 Å². The quantitative estimate of drug-likeness (QED) is 0.818. The van der Waals surface area contributed by atoms with E-state index < -0.39 is 50.9 Å². The summed E-state index contributed by atoms with van der Waals surface area (Å²) in [6.07, 6.45) is -8.38. The Hall–Kier alpha value is -1.33. The fourth-order valence-corrected chi connectivity index (χ4v) is 2.19. The molecule has 1 heterocycles. The molecule has 0 radical (unpaired) electrons. The van der Waals surface area contributed by atoms with Crippen LogP contribution in [0, 0.1) is 0 Å². The monoisotopic (exact) mass is 305 g/mol. The molecule has 1 aromatic rings. The van der Waals surface area contributed by atoms with E-state index in [0.29, 0.717) is 0 Å². The van der Waals surface area contributed by atoms with Gasteiger partial charge in [-0.1, -0.05) is 0 Å². The lowest BCUT2D eigenvalue weighted by Crippen LogP contribution is -2.24. The lowest BCUT2D eigenvalue weighted by atomic mass is 10.1. The van der Waals surface area contributed by atoms with E-state index in [2.05, 4.69) is 10.1 Å². The zero-order valence-electron chi connectivity index (χ0n) is 9.08. The number of nitrogens with zero attached hydrogens (tertiary/aromatic N) is 1. The number of primary sulfonamides is 1. The van der Waals surface area contributed by atoms with E-state index in [-0.39, 0.29) is 6.20 Å². The standard InChI is InChI=1S/C8H8F5N3O2S/c9-7(10)6-3(1-14)5(8(11,12)13)4(2-16-6)19(15,17)18/h2,7H,1,14H2,(H2,15,17,18). The van der Waals surface area contributed by atoms with Crippen molar-refractivity contribution in [3.05, 3.63) is 23.0 Å². The van der Waals surface area contributed by atoms with Crippen LogP contribution in [-0.4, -0.2) is 13.4 Å². The molecule has 0 bridgehead atoms. The molecule has 4 N–H and O–H groups in total. The second-order valence-corrected chi connectivity index (χ2v) is 4.94. The number of rotatable bonds is 3. The van der Waals surface area contributed by atoms with E-state index in [1.54, 1.807) is 0 Å². The molecular formula is C8H8F5N3O2S. The molecule has 0 saturated heterocycles. The van der Waals surface area contributed by atoms with Gasteiger partial charge in [0, 0.05) is 18.3 Å². The minimum Gasteiger partial charge on any atom is -0.326 e. The number of hydrogen-bond acceptors (Lipinski definition) is 4. The summed E-state index contributed by atoms with van der Waals surface area (Å²) in [6.45, 7) is -0.953. The summed E-state index contributed by atoms with van der Waals surface area (Å²) in [7, 11) is -4.77. The molecule has 1 aromatic heterocycles. The topological polar surface area (TPSA) is 99.1 Å². The Morgan fingerprint density at radius 3 is 2.16 bits per heavy atom. The van der Waals surface area contributed by atoms with Crippen molar-refractivity contribution < 1.29 is 30.4 Å². The van der Waals surface area contributed by atoms with E-state index in [1.807, 2.05) is 0 Å². The lowest BCUT2D eigenvalue weighted by Gasteiger charge is -2.17. The molecule has 0 amide bonds. The molecule has 0 aliphatic heterocycles. The van der Waals surface area contributed by atoms with E-state index in [4.69, 9.17) is 5.73 Å². The number of aromatic nitrogens is 1. The molecule has 5 nitrogen and oxygen atoms in total. The van der Waals surface area contributed by atoms with Gasteiger partial charge in [-0.25, -0.2) is 22.3 Å². The average molecular weight is 305 g/mol. The first-order chi connectivity index (χ1) is 8.50. The van der Waals surface area contributed by atoms with Crippen molar-refractivity contribution >= 4 is 10.0 Å². The van der Waals surface area contributed by atoms with Crippen LogP contribution in [0.4, 0.5) is 22.0 Å². The molecule has 1 rings (SSSR count). The van der Waals surface area contributed by atoms with Gasteiger partial charge in [0.1, 0.15) is 10.6 Å². The second kappa shape index (κ2) is 4.98. The normalized spacial score (nSPS) is 13.1. The van der Waals surface area contributed by atoms with Gasteiger partial charge in [0.05, 0.1) is 5.56 Å². The van der Waals surface area contributed by atoms with Gasteiger partial charge in [0.2, 0.25) is 10.0 Å². The first-order valence-electron chi connectivity index (χ1n) is 4.60. The molecule has 0 aliphatic carbocycles. The lowest BCUT2D eigenvalue weighted by molar-refractivity contribution is -0.140. The maximum atomic E-state index is 12.8. The Morgan fingerprint density at radius 1 is 1.32 bits per heavy atom. The Kier molecular flexibility index (Phi) is 4.12. The molecule has 0 spiro atoms. The number of hydrogen-bond donors (Lipinski definition) is 2. The van der Waals surface area contributed by atoms with Crippen LogP contribution in [0.3, 0.4) is 0 Å². The van der Waals surface area contributed by atoms with Crippen molar-refractivity contribution in [2.45, 2.75) is 24.0 Å². The third-order valence-corrected chi connectivity index (χ3v) is 3.10. The van der Waals surface area contributed by atoms with Gasteiger partial charge in [0.15, 0.2) is 0 Å². The van der Waals surface area contributed by atoms with E-state index >= 15 is 0 Å². The number of alkyl halides is 5. The first kappa shape index (κ1) is 15.7. The summed E-state index contributed by atoms with van der Waals surface area (Å²) in [5, 5.41) is 4.61. The Balaban J connectivity index is 3.82. The van der Waals surface area contributed by atoms with Crippen molar-refractivity contribution in [3.8, 4) is 0 Å². The van der Waals surface area contributed by atoms with Crippen molar-refractivity contribution in [2.24, 2.45) is 10.9 Å². The summed E-state index contributed by atoms with van der Waals surface area (Å²) < 4.78 is 85.7. The molecule has 19 heavy (non-hydrogen) atoms. The Morgan fingerprint density at radius 2 is 1.84 bits per heavy atom. The molecule has 0 aromatic carbocycles. The summed E-state index contributed by atoms with van der Waals surface area (Å²) in [5.74, 6) is 0. The number of nitrogens with two attached hydrogens (primary N) is 2. The van der Waals surface area contributed by atoms with Crippen molar-refractivity contribution in [2.75, 3.05) is 0 Å². The third-order valence-electron chi connectivity index (χ3n) is 2.18. The van der Waals surface area contributed by atoms with E-state index in [0.717, 1.165) is 0 Å². The van der Waals surface area contributed by atoms with Crippen LogP contribution in [0.25, 0.3) is 0 Å². The molecule has 0 unspecified atom stereocenters. The van der Waals surface area contributed by atoms with E-state index in [9.17, 15) is 30.4 Å². The summed E-state index contributed by atoms with van der Waals surface area (Å²) in [4.78, 5) is 1.62. The molecule has 0 saturated carbocycles. The second-order valence-electron chi connectivity index (χ2n) is 3.41. The van der Waals surface area contributed by atoms with Gasteiger partial charge in [-0.15, -0.1) is 0 Å². The van der Waals surface area contributed by atoms with Crippen LogP contribution in [0.2, 0.25) is 0 Å². The van der Waals surface area contributed by atoms with Crippen molar-refractivity contribution in [3.63, 3.8) is 0 Å². The predicted octanol–water partition coefficient (Wildman–Crippen LogP) is 1.14. The fourth-order valence-electron chi connectivity index (χ4n) is 1.47. The van der Waals surface area contributed by atoms with E-state index in [1.165, 1.54) is 0 Å². The highest BCUT2D eigenvalue weighted by molar-refractivity contribution is 7.89. The average Bonchev–Trinajstić information content (AvgIpc) is 2.24. The maximum absolute atomic E-state index is 12.8. The molecule has 0 fully saturated rings. The molecule has 108 valence electrons. The van der Waals surface area contributed by atoms with Gasteiger partial charge in [-0.05, 0) is 0 Å². The zero-order chi connectivity index (χ0) is 15.0. The summed E-state index contributed by atoms with van der Waals surface area (Å²) in [6, 6.07) is 0. The maximum Gasteiger partial charge on any atom is 0.418 e. The van der Waals surface area contributed by atoms with Gasteiger partial charge in [0.25, 0.3) is 6.43 Å². The highest BCUT2D eigenvalue weighted by atomic mass is 32.2. The summed E-state index contributed by atoms with van der Waals surface area (Å²) in [5.41, 5.74) is 0.877. The zero-order valence-corrected chi connectivity index (χ0v) is 9.89. The highest BCUT2D eigenvalue weighted by Gasteiger charge is 2.41. The first-order valence-corrected chi connectivity index (χ1v) is 6.14. The number of halogens is 5. The molecule has 0 atom stereocenters. The Bertz CT molecular complexity index is 585. The highest BCUT2D eigenvalue weighted by Crippen LogP contribution is 2.38. The van der Waals surface area contributed by atoms with Crippen LogP contribution >= 0.6 is 0 Å². The van der Waals surface area contributed by atoms with Crippen LogP contribution in [-0.2, 0) is 22.7 Å². The predicted molar refractivity (Wildman–Crippen MR) is 53.5 cm³/mol. The van der Waals surface area contributed by atoms with Crippen molar-refractivity contribution in [1.82, 2.24) is 4.98 Å². The fraction of sp³-hybridized carbons (Fsp3) is 0.375. The molecule has 0 aliphatic rings. The molecule has 11 heteroatoms. The molecular weight excluding hydrogens is 297 g/mol.